The van der Waals surface area contributed by atoms with Gasteiger partial charge in [0.1, 0.15) is 11.6 Å². The first-order valence-corrected chi connectivity index (χ1v) is 15.0. The Morgan fingerprint density at radius 3 is 2.40 bits per heavy atom. The van der Waals surface area contributed by atoms with Crippen molar-refractivity contribution in [3.05, 3.63) is 29.3 Å². The number of benzene rings is 1. The molecule has 4 rings (SSSR count). The average molecular weight is 602 g/mol. The fourth-order valence-electron chi connectivity index (χ4n) is 5.36. The molecule has 13 nitrogen and oxygen atoms in total. The second-order valence-electron chi connectivity index (χ2n) is 11.9. The topological polar surface area (TPSA) is 156 Å². The van der Waals surface area contributed by atoms with Crippen molar-refractivity contribution in [2.24, 2.45) is 0 Å². The molecule has 1 atom stereocenters. The molecule has 1 aromatic rings. The molecule has 3 aliphatic heterocycles. The third-order valence-corrected chi connectivity index (χ3v) is 7.47. The van der Waals surface area contributed by atoms with E-state index in [1.807, 2.05) is 20.8 Å². The van der Waals surface area contributed by atoms with Crippen LogP contribution in [0.25, 0.3) is 0 Å². The molecule has 2 fully saturated rings. The SMILES string of the molecule is CC(C)(C)OC(=O)NC1CCN(CCOCCCOCCNc2cccc3c2C(=O)N(C2CCC(=O)NC2=O)C3=O)CC1. The molecule has 0 bridgehead atoms. The van der Waals surface area contributed by atoms with Crippen LogP contribution in [0.4, 0.5) is 10.5 Å². The van der Waals surface area contributed by atoms with Crippen LogP contribution in [0.1, 0.15) is 73.6 Å². The molecule has 3 N–H and O–H groups in total. The number of rotatable bonds is 13. The highest BCUT2D eigenvalue weighted by atomic mass is 16.6. The quantitative estimate of drug-likeness (QED) is 0.226. The standard InChI is InChI=1S/C30H43N5O8/c1-30(2,3)43-29(40)32-20-10-13-34(14-11-20)15-19-42-17-5-16-41-18-12-31-22-7-4-6-21-25(22)28(39)35(27(21)38)23-8-9-24(36)33-26(23)37/h4,6-7,20,23,31H,5,8-19H2,1-3H3,(H,32,40)(H,33,36,37). The predicted octanol–water partition coefficient (Wildman–Crippen LogP) is 1.91. The van der Waals surface area contributed by atoms with Crippen LogP contribution in [0.2, 0.25) is 0 Å². The van der Waals surface area contributed by atoms with Crippen molar-refractivity contribution in [2.45, 2.75) is 70.6 Å². The minimum Gasteiger partial charge on any atom is -0.444 e. The lowest BCUT2D eigenvalue weighted by Gasteiger charge is -2.32. The van der Waals surface area contributed by atoms with Gasteiger partial charge in [0.2, 0.25) is 11.8 Å². The Morgan fingerprint density at radius 2 is 1.70 bits per heavy atom. The highest BCUT2D eigenvalue weighted by Gasteiger charge is 2.45. The van der Waals surface area contributed by atoms with Crippen molar-refractivity contribution >= 4 is 35.4 Å². The summed E-state index contributed by atoms with van der Waals surface area (Å²) >= 11 is 0. The van der Waals surface area contributed by atoms with Gasteiger partial charge in [-0.1, -0.05) is 6.07 Å². The van der Waals surface area contributed by atoms with E-state index in [0.717, 1.165) is 43.8 Å². The molecule has 13 heteroatoms. The molecule has 236 valence electrons. The third kappa shape index (κ3) is 8.97. The Balaban J connectivity index is 1.06. The van der Waals surface area contributed by atoms with Gasteiger partial charge in [-0.25, -0.2) is 4.79 Å². The fraction of sp³-hybridized carbons (Fsp3) is 0.633. The van der Waals surface area contributed by atoms with E-state index in [4.69, 9.17) is 14.2 Å². The number of carbonyl (C=O) groups excluding carboxylic acids is 5. The Labute approximate surface area is 251 Å². The Bertz CT molecular complexity index is 1190. The van der Waals surface area contributed by atoms with Gasteiger partial charge in [0.15, 0.2) is 0 Å². The van der Waals surface area contributed by atoms with Crippen LogP contribution in [0.15, 0.2) is 18.2 Å². The Kier molecular flexibility index (Phi) is 11.1. The molecule has 2 saturated heterocycles. The summed E-state index contributed by atoms with van der Waals surface area (Å²) in [5.41, 5.74) is 0.470. The van der Waals surface area contributed by atoms with Gasteiger partial charge in [0, 0.05) is 57.5 Å². The summed E-state index contributed by atoms with van der Waals surface area (Å²) in [6.07, 6.45) is 2.35. The van der Waals surface area contributed by atoms with Crippen LogP contribution in [0.5, 0.6) is 0 Å². The Morgan fingerprint density at radius 1 is 0.977 bits per heavy atom. The van der Waals surface area contributed by atoms with Gasteiger partial charge >= 0.3 is 6.09 Å². The molecule has 43 heavy (non-hydrogen) atoms. The van der Waals surface area contributed by atoms with E-state index < -0.39 is 35.3 Å². The monoisotopic (exact) mass is 601 g/mol. The van der Waals surface area contributed by atoms with Crippen LogP contribution in [-0.4, -0.2) is 110 Å². The van der Waals surface area contributed by atoms with Crippen molar-refractivity contribution in [3.63, 3.8) is 0 Å². The molecular weight excluding hydrogens is 558 g/mol. The number of nitrogens with one attached hydrogen (secondary N) is 3. The van der Waals surface area contributed by atoms with Gasteiger partial charge in [-0.2, -0.15) is 0 Å². The first kappa shape index (κ1) is 32.4. The lowest BCUT2D eigenvalue weighted by molar-refractivity contribution is -0.136. The molecular formula is C30H43N5O8. The van der Waals surface area contributed by atoms with E-state index in [1.165, 1.54) is 0 Å². The van der Waals surface area contributed by atoms with Crippen LogP contribution >= 0.6 is 0 Å². The van der Waals surface area contributed by atoms with Crippen LogP contribution in [0, 0.1) is 0 Å². The number of alkyl carbamates (subject to hydrolysis) is 1. The zero-order chi connectivity index (χ0) is 31.0. The van der Waals surface area contributed by atoms with Crippen molar-refractivity contribution in [2.75, 3.05) is 57.9 Å². The molecule has 3 aliphatic rings. The van der Waals surface area contributed by atoms with Gasteiger partial charge < -0.3 is 29.7 Å². The number of amides is 5. The third-order valence-electron chi connectivity index (χ3n) is 7.47. The van der Waals surface area contributed by atoms with Gasteiger partial charge in [-0.05, 0) is 58.6 Å². The lowest BCUT2D eigenvalue weighted by Crippen LogP contribution is -2.54. The van der Waals surface area contributed by atoms with E-state index in [2.05, 4.69) is 20.9 Å². The summed E-state index contributed by atoms with van der Waals surface area (Å²) in [4.78, 5) is 65.1. The average Bonchev–Trinajstić information content (AvgIpc) is 3.19. The van der Waals surface area contributed by atoms with E-state index in [1.54, 1.807) is 18.2 Å². The summed E-state index contributed by atoms with van der Waals surface area (Å²) in [6, 6.07) is 4.10. The second kappa shape index (κ2) is 14.8. The lowest BCUT2D eigenvalue weighted by atomic mass is 10.0. The number of imide groups is 2. The molecule has 5 amide bonds. The first-order valence-electron chi connectivity index (χ1n) is 15.0. The van der Waals surface area contributed by atoms with Crippen LogP contribution < -0.4 is 16.0 Å². The number of ether oxygens (including phenoxy) is 3. The molecule has 1 unspecified atom stereocenters. The van der Waals surface area contributed by atoms with Crippen molar-refractivity contribution in [1.82, 2.24) is 20.4 Å². The van der Waals surface area contributed by atoms with E-state index >= 15 is 0 Å². The summed E-state index contributed by atoms with van der Waals surface area (Å²) in [5, 5.41) is 8.32. The summed E-state index contributed by atoms with van der Waals surface area (Å²) in [6.45, 7) is 10.8. The number of carbonyl (C=O) groups is 5. The predicted molar refractivity (Wildman–Crippen MR) is 157 cm³/mol. The summed E-state index contributed by atoms with van der Waals surface area (Å²) in [5.74, 6) is -2.12. The van der Waals surface area contributed by atoms with E-state index in [-0.39, 0.29) is 36.1 Å². The van der Waals surface area contributed by atoms with Gasteiger partial charge in [-0.3, -0.25) is 29.4 Å². The maximum atomic E-state index is 13.1. The molecule has 3 heterocycles. The normalized spacial score (nSPS) is 19.8. The zero-order valence-electron chi connectivity index (χ0n) is 25.2. The van der Waals surface area contributed by atoms with Gasteiger partial charge in [0.25, 0.3) is 11.8 Å². The molecule has 0 radical (unpaired) electrons. The van der Waals surface area contributed by atoms with Crippen LogP contribution in [-0.2, 0) is 23.8 Å². The molecule has 0 saturated carbocycles. The maximum absolute atomic E-state index is 13.1. The van der Waals surface area contributed by atoms with Crippen molar-refractivity contribution in [3.8, 4) is 0 Å². The largest absolute Gasteiger partial charge is 0.444 e. The smallest absolute Gasteiger partial charge is 0.407 e. The maximum Gasteiger partial charge on any atom is 0.407 e. The van der Waals surface area contributed by atoms with Crippen molar-refractivity contribution < 1.29 is 38.2 Å². The number of hydrogen-bond acceptors (Lipinski definition) is 10. The highest BCUT2D eigenvalue weighted by Crippen LogP contribution is 2.32. The highest BCUT2D eigenvalue weighted by molar-refractivity contribution is 6.25. The second-order valence-corrected chi connectivity index (χ2v) is 11.9. The molecule has 0 aliphatic carbocycles. The number of anilines is 1. The number of nitrogens with zero attached hydrogens (tertiary/aromatic N) is 2. The number of hydrogen-bond donors (Lipinski definition) is 3. The fourth-order valence-corrected chi connectivity index (χ4v) is 5.36. The molecule has 1 aromatic carbocycles. The number of piperidine rings is 2. The minimum absolute atomic E-state index is 0.0762. The molecule has 0 aromatic heterocycles. The summed E-state index contributed by atoms with van der Waals surface area (Å²) < 4.78 is 16.8. The van der Waals surface area contributed by atoms with Gasteiger partial charge in [-0.15, -0.1) is 0 Å². The number of fused-ring (bicyclic) bond motifs is 1. The first-order chi connectivity index (χ1) is 20.5. The van der Waals surface area contributed by atoms with Crippen molar-refractivity contribution in [1.29, 1.82) is 0 Å². The Hall–Kier alpha value is -3.55. The van der Waals surface area contributed by atoms with E-state index in [9.17, 15) is 24.0 Å². The molecule has 0 spiro atoms. The van der Waals surface area contributed by atoms with Gasteiger partial charge in [0.05, 0.1) is 24.3 Å². The summed E-state index contributed by atoms with van der Waals surface area (Å²) in [7, 11) is 0. The number of likely N-dealkylation sites (tertiary alicyclic amines) is 1. The van der Waals surface area contributed by atoms with E-state index in [0.29, 0.717) is 38.7 Å². The minimum atomic E-state index is -0.996. The van der Waals surface area contributed by atoms with Crippen LogP contribution in [0.3, 0.4) is 0 Å². The zero-order valence-corrected chi connectivity index (χ0v) is 25.2.